The Morgan fingerprint density at radius 2 is 1.66 bits per heavy atom. The largest absolute Gasteiger partial charge is 0.457 e. The average Bonchev–Trinajstić information content (AvgIpc) is 2.78. The maximum Gasteiger partial charge on any atom is 0.318 e. The summed E-state index contributed by atoms with van der Waals surface area (Å²) in [7, 11) is 0. The van der Waals surface area contributed by atoms with Gasteiger partial charge in [-0.2, -0.15) is 0 Å². The maximum atomic E-state index is 13.1. The molecule has 8 nitrogen and oxygen atoms in total. The number of nitrogens with one attached hydrogen (secondary N) is 1. The second-order valence-electron chi connectivity index (χ2n) is 7.10. The number of rotatable bonds is 5. The van der Waals surface area contributed by atoms with E-state index in [0.29, 0.717) is 22.6 Å². The van der Waals surface area contributed by atoms with Crippen molar-refractivity contribution in [2.24, 2.45) is 0 Å². The van der Waals surface area contributed by atoms with E-state index in [-0.39, 0.29) is 16.4 Å². The summed E-state index contributed by atoms with van der Waals surface area (Å²) in [5, 5.41) is 13.4. The first-order valence-electron chi connectivity index (χ1n) is 9.66. The number of non-ortho nitro benzene ring substituents is 1. The summed E-state index contributed by atoms with van der Waals surface area (Å²) in [6, 6.07) is 17.9. The Morgan fingerprint density at radius 3 is 2.22 bits per heavy atom. The Kier molecular flexibility index (Phi) is 5.79. The number of halogens is 1. The second-order valence-corrected chi connectivity index (χ2v) is 7.51. The van der Waals surface area contributed by atoms with Crippen LogP contribution in [-0.2, 0) is 14.3 Å². The number of carbonyl (C=O) groups is 2. The molecule has 0 spiro atoms. The lowest BCUT2D eigenvalue weighted by Gasteiger charge is -2.27. The first-order valence-corrected chi connectivity index (χ1v) is 10.0. The molecule has 0 aliphatic carbocycles. The van der Waals surface area contributed by atoms with Gasteiger partial charge in [-0.25, -0.2) is 0 Å². The van der Waals surface area contributed by atoms with Gasteiger partial charge >= 0.3 is 5.97 Å². The van der Waals surface area contributed by atoms with Crippen LogP contribution in [0.3, 0.4) is 0 Å². The third-order valence-corrected chi connectivity index (χ3v) is 5.31. The Labute approximate surface area is 187 Å². The van der Waals surface area contributed by atoms with Gasteiger partial charge in [-0.15, -0.1) is 0 Å². The van der Waals surface area contributed by atoms with E-state index < -0.39 is 28.8 Å². The molecule has 3 aromatic rings. The van der Waals surface area contributed by atoms with Crippen LogP contribution in [0.2, 0.25) is 5.02 Å². The quantitative estimate of drug-likeness (QED) is 0.329. The number of hydrogen-bond donors (Lipinski definition) is 1. The molecule has 1 amide bonds. The lowest BCUT2D eigenvalue weighted by Crippen LogP contribution is -2.32. The van der Waals surface area contributed by atoms with Gasteiger partial charge in [0.2, 0.25) is 0 Å². The van der Waals surface area contributed by atoms with E-state index in [1.54, 1.807) is 48.5 Å². The van der Waals surface area contributed by atoms with Gasteiger partial charge in [0.25, 0.3) is 11.6 Å². The molecule has 32 heavy (non-hydrogen) atoms. The number of esters is 1. The van der Waals surface area contributed by atoms with Crippen LogP contribution in [0.1, 0.15) is 24.0 Å². The number of anilines is 1. The highest BCUT2D eigenvalue weighted by atomic mass is 35.5. The molecule has 0 fully saturated rings. The molecule has 0 saturated heterocycles. The van der Waals surface area contributed by atoms with Gasteiger partial charge in [-0.3, -0.25) is 19.7 Å². The number of fused-ring (bicyclic) bond motifs is 2. The van der Waals surface area contributed by atoms with Crippen molar-refractivity contribution < 1.29 is 24.0 Å². The summed E-state index contributed by atoms with van der Waals surface area (Å²) in [6.45, 7) is 1.43. The van der Waals surface area contributed by atoms with Crippen molar-refractivity contribution in [3.8, 4) is 11.5 Å². The predicted molar refractivity (Wildman–Crippen MR) is 117 cm³/mol. The number of hydrogen-bond acceptors (Lipinski definition) is 6. The Morgan fingerprint density at radius 1 is 1.06 bits per heavy atom. The molecule has 1 N–H and O–H groups in total. The lowest BCUT2D eigenvalue weighted by atomic mass is 9.88. The van der Waals surface area contributed by atoms with Crippen molar-refractivity contribution in [2.45, 2.75) is 18.9 Å². The monoisotopic (exact) mass is 452 g/mol. The van der Waals surface area contributed by atoms with Crippen molar-refractivity contribution in [1.29, 1.82) is 0 Å². The van der Waals surface area contributed by atoms with E-state index in [1.807, 2.05) is 0 Å². The van der Waals surface area contributed by atoms with Crippen LogP contribution >= 0.6 is 11.6 Å². The molecule has 0 radical (unpaired) electrons. The minimum atomic E-state index is -1.14. The minimum Gasteiger partial charge on any atom is -0.457 e. The molecular weight excluding hydrogens is 436 g/mol. The first-order chi connectivity index (χ1) is 15.3. The fraction of sp³-hybridized carbons (Fsp3) is 0.130. The fourth-order valence-electron chi connectivity index (χ4n) is 3.41. The van der Waals surface area contributed by atoms with Gasteiger partial charge in [-0.1, -0.05) is 48.0 Å². The van der Waals surface area contributed by atoms with Gasteiger partial charge in [0, 0.05) is 23.3 Å². The topological polar surface area (TPSA) is 108 Å². The normalized spacial score (nSPS) is 13.2. The highest BCUT2D eigenvalue weighted by Crippen LogP contribution is 2.44. The molecule has 3 aromatic carbocycles. The van der Waals surface area contributed by atoms with Crippen LogP contribution in [0.15, 0.2) is 66.7 Å². The second kappa shape index (κ2) is 8.68. The van der Waals surface area contributed by atoms with Crippen LogP contribution in [0.4, 0.5) is 11.4 Å². The molecule has 1 aliphatic rings. The Hall–Kier alpha value is -3.91. The van der Waals surface area contributed by atoms with E-state index in [2.05, 4.69) is 5.32 Å². The van der Waals surface area contributed by atoms with Crippen molar-refractivity contribution in [3.05, 3.63) is 93.0 Å². The zero-order valence-electron chi connectivity index (χ0n) is 16.8. The first kappa shape index (κ1) is 21.3. The summed E-state index contributed by atoms with van der Waals surface area (Å²) in [5.41, 5.74) is 1.25. The number of amides is 1. The molecule has 0 saturated carbocycles. The van der Waals surface area contributed by atoms with E-state index in [9.17, 15) is 19.7 Å². The van der Waals surface area contributed by atoms with E-state index in [1.165, 1.54) is 19.1 Å². The number of nitro groups is 1. The number of nitrogens with zero attached hydrogens (tertiary/aromatic N) is 1. The Balaban J connectivity index is 1.52. The Bertz CT molecular complexity index is 1180. The summed E-state index contributed by atoms with van der Waals surface area (Å²) < 4.78 is 11.4. The molecule has 1 aliphatic heterocycles. The number of nitro benzene ring substituents is 1. The van der Waals surface area contributed by atoms with Crippen LogP contribution in [0.5, 0.6) is 11.5 Å². The minimum absolute atomic E-state index is 0.00152. The van der Waals surface area contributed by atoms with Crippen LogP contribution in [0.25, 0.3) is 0 Å². The molecule has 4 rings (SSSR count). The summed E-state index contributed by atoms with van der Waals surface area (Å²) in [4.78, 5) is 35.9. The fourth-order valence-corrected chi connectivity index (χ4v) is 3.63. The molecule has 9 heteroatoms. The van der Waals surface area contributed by atoms with Crippen molar-refractivity contribution in [1.82, 2.24) is 0 Å². The smallest absolute Gasteiger partial charge is 0.318 e. The number of carbonyl (C=O) groups excluding carboxylic acids is 2. The van der Waals surface area contributed by atoms with Crippen molar-refractivity contribution in [3.63, 3.8) is 0 Å². The molecule has 0 bridgehead atoms. The van der Waals surface area contributed by atoms with Crippen LogP contribution < -0.4 is 10.1 Å². The van der Waals surface area contributed by atoms with Crippen molar-refractivity contribution >= 4 is 34.9 Å². The van der Waals surface area contributed by atoms with Crippen LogP contribution in [-0.4, -0.2) is 22.9 Å². The van der Waals surface area contributed by atoms with Gasteiger partial charge in [-0.05, 0) is 25.1 Å². The molecule has 1 atom stereocenters. The van der Waals surface area contributed by atoms with E-state index in [0.717, 1.165) is 6.07 Å². The standard InChI is InChI=1S/C23H17ClN2O6/c1-13(22(27)25-18-11-10-14(26(29)30)12-17(18)24)31-23(28)21-15-6-2-4-8-19(15)32-20-9-5-3-7-16(20)21/h2-13,21H,1H3,(H,25,27). The molecular formula is C23H17ClN2O6. The highest BCUT2D eigenvalue weighted by Gasteiger charge is 2.35. The number of para-hydroxylation sites is 2. The highest BCUT2D eigenvalue weighted by molar-refractivity contribution is 6.34. The lowest BCUT2D eigenvalue weighted by molar-refractivity contribution is -0.384. The third-order valence-electron chi connectivity index (χ3n) is 5.00. The molecule has 0 aromatic heterocycles. The summed E-state index contributed by atoms with van der Waals surface area (Å²) in [6.07, 6.45) is -1.14. The van der Waals surface area contributed by atoms with Gasteiger partial charge in [0.05, 0.1) is 15.6 Å². The predicted octanol–water partition coefficient (Wildman–Crippen LogP) is 5.06. The molecule has 1 heterocycles. The van der Waals surface area contributed by atoms with E-state index >= 15 is 0 Å². The maximum absolute atomic E-state index is 13.1. The van der Waals surface area contributed by atoms with Crippen LogP contribution in [0, 0.1) is 10.1 Å². The van der Waals surface area contributed by atoms with Gasteiger partial charge in [0.15, 0.2) is 6.10 Å². The number of benzene rings is 3. The summed E-state index contributed by atoms with van der Waals surface area (Å²) in [5.74, 6) is -0.895. The van der Waals surface area contributed by atoms with Crippen molar-refractivity contribution in [2.75, 3.05) is 5.32 Å². The average molecular weight is 453 g/mol. The zero-order valence-corrected chi connectivity index (χ0v) is 17.5. The van der Waals surface area contributed by atoms with Gasteiger partial charge in [0.1, 0.15) is 17.4 Å². The third kappa shape index (κ3) is 4.13. The molecule has 162 valence electrons. The van der Waals surface area contributed by atoms with Gasteiger partial charge < -0.3 is 14.8 Å². The SMILES string of the molecule is CC(OC(=O)C1c2ccccc2Oc2ccccc21)C(=O)Nc1ccc([N+](=O)[O-])cc1Cl. The molecule has 1 unspecified atom stereocenters. The summed E-state index contributed by atoms with van der Waals surface area (Å²) >= 11 is 6.02. The van der Waals surface area contributed by atoms with E-state index in [4.69, 9.17) is 21.1 Å². The zero-order chi connectivity index (χ0) is 22.8. The number of ether oxygens (including phenoxy) is 2.